The second-order valence-corrected chi connectivity index (χ2v) is 6.85. The van der Waals surface area contributed by atoms with E-state index in [2.05, 4.69) is 19.9 Å². The first-order valence-electron chi connectivity index (χ1n) is 7.80. The molecule has 0 unspecified atom stereocenters. The van der Waals surface area contributed by atoms with Crippen LogP contribution in [0.15, 0.2) is 0 Å². The summed E-state index contributed by atoms with van der Waals surface area (Å²) in [6.07, 6.45) is 2.69. The van der Waals surface area contributed by atoms with Crippen LogP contribution in [0.1, 0.15) is 60.3 Å². The molecule has 0 aromatic heterocycles. The zero-order valence-corrected chi connectivity index (χ0v) is 13.8. The van der Waals surface area contributed by atoms with Gasteiger partial charge in [-0.15, -0.1) is 0 Å². The standard InChI is InChI=1S/C17H27NO3/c1-11(2)14-8-9-17(5,21-13(4)20)16(15(14)10-18)7-6-12(3)19/h11,14-16H,6-9H2,1-5H3/t14-,15-,16-,17+/m1/s1. The summed E-state index contributed by atoms with van der Waals surface area (Å²) in [7, 11) is 0. The van der Waals surface area contributed by atoms with Crippen LogP contribution < -0.4 is 0 Å². The van der Waals surface area contributed by atoms with Crippen molar-refractivity contribution in [1.29, 1.82) is 5.26 Å². The van der Waals surface area contributed by atoms with Crippen LogP contribution in [0.5, 0.6) is 0 Å². The van der Waals surface area contributed by atoms with Gasteiger partial charge in [0.2, 0.25) is 0 Å². The van der Waals surface area contributed by atoms with Gasteiger partial charge in [0.05, 0.1) is 12.0 Å². The Balaban J connectivity index is 3.06. The van der Waals surface area contributed by atoms with Gasteiger partial charge in [-0.1, -0.05) is 13.8 Å². The van der Waals surface area contributed by atoms with E-state index in [0.29, 0.717) is 24.7 Å². The molecule has 0 aliphatic heterocycles. The van der Waals surface area contributed by atoms with Gasteiger partial charge in [0.15, 0.2) is 0 Å². The van der Waals surface area contributed by atoms with Crippen molar-refractivity contribution in [2.75, 3.05) is 0 Å². The van der Waals surface area contributed by atoms with Crippen molar-refractivity contribution in [3.63, 3.8) is 0 Å². The summed E-state index contributed by atoms with van der Waals surface area (Å²) in [6.45, 7) is 9.15. The zero-order chi connectivity index (χ0) is 16.2. The van der Waals surface area contributed by atoms with Crippen molar-refractivity contribution in [1.82, 2.24) is 0 Å². The Bertz CT molecular complexity index is 438. The first-order chi connectivity index (χ1) is 9.71. The van der Waals surface area contributed by atoms with Gasteiger partial charge in [-0.2, -0.15) is 5.26 Å². The topological polar surface area (TPSA) is 67.2 Å². The monoisotopic (exact) mass is 293 g/mol. The van der Waals surface area contributed by atoms with Crippen molar-refractivity contribution in [2.45, 2.75) is 65.9 Å². The molecule has 1 rings (SSSR count). The third kappa shape index (κ3) is 4.30. The summed E-state index contributed by atoms with van der Waals surface area (Å²) in [5.74, 6) is 0.277. The molecule has 1 fully saturated rings. The molecule has 0 radical (unpaired) electrons. The molecule has 0 heterocycles. The number of rotatable bonds is 5. The number of Topliss-reactive ketones (excluding diaryl/α,β-unsaturated/α-hetero) is 1. The molecule has 1 saturated carbocycles. The Morgan fingerprint density at radius 2 is 2.00 bits per heavy atom. The van der Waals surface area contributed by atoms with E-state index in [4.69, 9.17) is 4.74 Å². The molecule has 4 nitrogen and oxygen atoms in total. The fourth-order valence-corrected chi connectivity index (χ4v) is 3.73. The van der Waals surface area contributed by atoms with Crippen LogP contribution in [-0.2, 0) is 14.3 Å². The van der Waals surface area contributed by atoms with Crippen molar-refractivity contribution in [2.24, 2.45) is 23.7 Å². The van der Waals surface area contributed by atoms with Crippen LogP contribution in [0.4, 0.5) is 0 Å². The number of nitrogens with zero attached hydrogens (tertiary/aromatic N) is 1. The number of hydrogen-bond acceptors (Lipinski definition) is 4. The Labute approximate surface area is 127 Å². The number of ketones is 1. The highest BCUT2D eigenvalue weighted by Crippen LogP contribution is 2.47. The number of carbonyl (C=O) groups is 2. The van der Waals surface area contributed by atoms with Gasteiger partial charge in [-0.05, 0) is 44.9 Å². The molecular formula is C17H27NO3. The van der Waals surface area contributed by atoms with Gasteiger partial charge >= 0.3 is 5.97 Å². The van der Waals surface area contributed by atoms with E-state index < -0.39 is 5.60 Å². The van der Waals surface area contributed by atoms with Gasteiger partial charge < -0.3 is 9.53 Å². The summed E-state index contributed by atoms with van der Waals surface area (Å²) in [6, 6.07) is 2.43. The third-order valence-electron chi connectivity index (χ3n) is 4.84. The lowest BCUT2D eigenvalue weighted by molar-refractivity contribution is -0.171. The Hall–Kier alpha value is -1.37. The van der Waals surface area contributed by atoms with E-state index in [9.17, 15) is 14.9 Å². The predicted molar refractivity (Wildman–Crippen MR) is 80.2 cm³/mol. The first kappa shape index (κ1) is 17.7. The highest BCUT2D eigenvalue weighted by atomic mass is 16.6. The van der Waals surface area contributed by atoms with Crippen molar-refractivity contribution < 1.29 is 14.3 Å². The Morgan fingerprint density at radius 1 is 1.38 bits per heavy atom. The Kier molecular flexibility index (Phi) is 5.95. The summed E-state index contributed by atoms with van der Waals surface area (Å²) in [5, 5.41) is 9.64. The summed E-state index contributed by atoms with van der Waals surface area (Å²) in [5.41, 5.74) is -0.632. The Morgan fingerprint density at radius 3 is 2.43 bits per heavy atom. The largest absolute Gasteiger partial charge is 0.459 e. The number of esters is 1. The fourth-order valence-electron chi connectivity index (χ4n) is 3.73. The maximum Gasteiger partial charge on any atom is 0.303 e. The molecule has 0 bridgehead atoms. The number of nitriles is 1. The molecular weight excluding hydrogens is 266 g/mol. The second kappa shape index (κ2) is 7.06. The van der Waals surface area contributed by atoms with Crippen molar-refractivity contribution in [3.8, 4) is 6.07 Å². The second-order valence-electron chi connectivity index (χ2n) is 6.85. The highest BCUT2D eigenvalue weighted by molar-refractivity contribution is 5.75. The lowest BCUT2D eigenvalue weighted by Crippen LogP contribution is -2.49. The van der Waals surface area contributed by atoms with Gasteiger partial charge in [0.25, 0.3) is 0 Å². The fraction of sp³-hybridized carbons (Fsp3) is 0.824. The minimum Gasteiger partial charge on any atom is -0.459 e. The van der Waals surface area contributed by atoms with Gasteiger partial charge in [-0.3, -0.25) is 4.79 Å². The van der Waals surface area contributed by atoms with E-state index in [0.717, 1.165) is 12.8 Å². The molecule has 1 aliphatic carbocycles. The average molecular weight is 293 g/mol. The molecule has 118 valence electrons. The highest BCUT2D eigenvalue weighted by Gasteiger charge is 2.49. The molecule has 0 amide bonds. The minimum atomic E-state index is -0.632. The lowest BCUT2D eigenvalue weighted by atomic mass is 9.61. The molecule has 21 heavy (non-hydrogen) atoms. The molecule has 4 atom stereocenters. The molecule has 0 spiro atoms. The van der Waals surface area contributed by atoms with Crippen LogP contribution in [-0.4, -0.2) is 17.4 Å². The minimum absolute atomic E-state index is 0.0727. The average Bonchev–Trinajstić information content (AvgIpc) is 2.34. The normalized spacial score (nSPS) is 32.5. The molecule has 0 saturated heterocycles. The van der Waals surface area contributed by atoms with Gasteiger partial charge in [-0.25, -0.2) is 0 Å². The summed E-state index contributed by atoms with van der Waals surface area (Å²) in [4.78, 5) is 22.8. The number of ether oxygens (including phenoxy) is 1. The quantitative estimate of drug-likeness (QED) is 0.728. The number of carbonyl (C=O) groups excluding carboxylic acids is 2. The van der Waals surface area contributed by atoms with E-state index in [1.165, 1.54) is 6.92 Å². The number of hydrogen-bond donors (Lipinski definition) is 0. The molecule has 0 aromatic rings. The van der Waals surface area contributed by atoms with E-state index >= 15 is 0 Å². The third-order valence-corrected chi connectivity index (χ3v) is 4.84. The van der Waals surface area contributed by atoms with E-state index in [1.807, 2.05) is 6.92 Å². The predicted octanol–water partition coefficient (Wildman–Crippen LogP) is 3.50. The molecule has 1 aliphatic rings. The first-order valence-corrected chi connectivity index (χ1v) is 7.80. The summed E-state index contributed by atoms with van der Waals surface area (Å²) < 4.78 is 5.58. The van der Waals surface area contributed by atoms with Gasteiger partial charge in [0.1, 0.15) is 11.4 Å². The smallest absolute Gasteiger partial charge is 0.303 e. The van der Waals surface area contributed by atoms with Crippen molar-refractivity contribution in [3.05, 3.63) is 0 Å². The van der Waals surface area contributed by atoms with Crippen LogP contribution in [0.25, 0.3) is 0 Å². The van der Waals surface area contributed by atoms with Crippen LogP contribution >= 0.6 is 0 Å². The summed E-state index contributed by atoms with van der Waals surface area (Å²) >= 11 is 0. The van der Waals surface area contributed by atoms with Gasteiger partial charge in [0, 0.05) is 19.3 Å². The molecule has 4 heteroatoms. The molecule has 0 aromatic carbocycles. The van der Waals surface area contributed by atoms with Crippen molar-refractivity contribution >= 4 is 11.8 Å². The lowest BCUT2D eigenvalue weighted by Gasteiger charge is -2.47. The van der Waals surface area contributed by atoms with E-state index in [-0.39, 0.29) is 23.6 Å². The zero-order valence-electron chi connectivity index (χ0n) is 13.8. The SMILES string of the molecule is CC(=O)CC[C@@H]1[C@H](C#N)[C@@H](C(C)C)CC[C@]1(C)OC(C)=O. The maximum absolute atomic E-state index is 11.4. The van der Waals surface area contributed by atoms with Crippen LogP contribution in [0, 0.1) is 35.0 Å². The molecule has 0 N–H and O–H groups in total. The maximum atomic E-state index is 11.4. The van der Waals surface area contributed by atoms with Crippen LogP contribution in [0.3, 0.4) is 0 Å². The van der Waals surface area contributed by atoms with Crippen LogP contribution in [0.2, 0.25) is 0 Å². The van der Waals surface area contributed by atoms with E-state index in [1.54, 1.807) is 6.92 Å².